The van der Waals surface area contributed by atoms with E-state index in [0.29, 0.717) is 19.0 Å². The summed E-state index contributed by atoms with van der Waals surface area (Å²) in [6.45, 7) is 3.47. The molecule has 6 heteroatoms. The lowest BCUT2D eigenvalue weighted by Gasteiger charge is -2.30. The van der Waals surface area contributed by atoms with Gasteiger partial charge in [0.15, 0.2) is 0 Å². The molecule has 1 fully saturated rings. The Morgan fingerprint density at radius 2 is 1.95 bits per heavy atom. The van der Waals surface area contributed by atoms with E-state index in [-0.39, 0.29) is 16.2 Å². The van der Waals surface area contributed by atoms with Crippen molar-refractivity contribution in [3.05, 3.63) is 28.2 Å². The third-order valence-electron chi connectivity index (χ3n) is 3.32. The van der Waals surface area contributed by atoms with E-state index in [2.05, 4.69) is 28.2 Å². The number of rotatable bonds is 1. The molecule has 0 radical (unpaired) electrons. The Kier molecular flexibility index (Phi) is 4.39. The largest absolute Gasteiger partial charge is 0.325 e. The summed E-state index contributed by atoms with van der Waals surface area (Å²) in [5.74, 6) is -0.859. The maximum atomic E-state index is 13.5. The Hall–Kier alpha value is -1.17. The first-order chi connectivity index (χ1) is 8.97. The fourth-order valence-corrected chi connectivity index (χ4v) is 2.37. The molecule has 2 rings (SSSR count). The zero-order chi connectivity index (χ0) is 14.0. The van der Waals surface area contributed by atoms with Gasteiger partial charge in [-0.3, -0.25) is 0 Å². The molecule has 3 nitrogen and oxygen atoms in total. The summed E-state index contributed by atoms with van der Waals surface area (Å²) in [6, 6.07) is 1.64. The molecular formula is C13H15BrF2N2O. The second kappa shape index (κ2) is 5.86. The molecule has 104 valence electrons. The van der Waals surface area contributed by atoms with Gasteiger partial charge >= 0.3 is 6.03 Å². The van der Waals surface area contributed by atoms with Crippen molar-refractivity contribution in [2.24, 2.45) is 5.92 Å². The summed E-state index contributed by atoms with van der Waals surface area (Å²) in [4.78, 5) is 13.6. The summed E-state index contributed by atoms with van der Waals surface area (Å²) in [6.07, 6.45) is 1.89. The number of piperidine rings is 1. The molecular weight excluding hydrogens is 318 g/mol. The number of nitrogens with zero attached hydrogens (tertiary/aromatic N) is 1. The SMILES string of the molecule is CC1CCN(C(=O)Nc2cc(Br)c(F)cc2F)CC1. The van der Waals surface area contributed by atoms with Crippen LogP contribution in [0.2, 0.25) is 0 Å². The average Bonchev–Trinajstić information content (AvgIpc) is 2.36. The van der Waals surface area contributed by atoms with Crippen LogP contribution in [0.4, 0.5) is 19.3 Å². The molecule has 0 aromatic heterocycles. The minimum absolute atomic E-state index is 0.0168. The number of benzene rings is 1. The molecule has 1 aromatic rings. The zero-order valence-electron chi connectivity index (χ0n) is 10.5. The van der Waals surface area contributed by atoms with Gasteiger partial charge in [-0.15, -0.1) is 0 Å². The molecule has 0 saturated carbocycles. The quantitative estimate of drug-likeness (QED) is 0.775. The summed E-state index contributed by atoms with van der Waals surface area (Å²) >= 11 is 2.97. The molecule has 1 aromatic carbocycles. The molecule has 1 saturated heterocycles. The predicted molar refractivity (Wildman–Crippen MR) is 73.0 cm³/mol. The van der Waals surface area contributed by atoms with Crippen LogP contribution in [0.3, 0.4) is 0 Å². The fourth-order valence-electron chi connectivity index (χ4n) is 2.02. The lowest BCUT2D eigenvalue weighted by atomic mass is 10.00. The predicted octanol–water partition coefficient (Wildman–Crippen LogP) is 3.99. The number of urea groups is 1. The maximum Gasteiger partial charge on any atom is 0.321 e. The van der Waals surface area contributed by atoms with Gasteiger partial charge in [0.1, 0.15) is 11.6 Å². The van der Waals surface area contributed by atoms with Crippen LogP contribution in [0.25, 0.3) is 0 Å². The molecule has 1 aliphatic rings. The van der Waals surface area contributed by atoms with E-state index in [1.807, 2.05) is 0 Å². The Labute approximate surface area is 119 Å². The summed E-state index contributed by atoms with van der Waals surface area (Å²) in [7, 11) is 0. The van der Waals surface area contributed by atoms with Gasteiger partial charge in [-0.2, -0.15) is 0 Å². The molecule has 2 amide bonds. The van der Waals surface area contributed by atoms with Crippen molar-refractivity contribution >= 4 is 27.6 Å². The van der Waals surface area contributed by atoms with Gasteiger partial charge in [-0.25, -0.2) is 13.6 Å². The number of carbonyl (C=O) groups excluding carboxylic acids is 1. The Morgan fingerprint density at radius 1 is 1.32 bits per heavy atom. The Bertz CT molecular complexity index is 488. The van der Waals surface area contributed by atoms with Crippen molar-refractivity contribution in [3.8, 4) is 0 Å². The fraction of sp³-hybridized carbons (Fsp3) is 0.462. The summed E-state index contributed by atoms with van der Waals surface area (Å²) < 4.78 is 26.7. The van der Waals surface area contributed by atoms with Crippen molar-refractivity contribution in [2.45, 2.75) is 19.8 Å². The van der Waals surface area contributed by atoms with E-state index < -0.39 is 11.6 Å². The van der Waals surface area contributed by atoms with E-state index >= 15 is 0 Å². The Morgan fingerprint density at radius 3 is 2.58 bits per heavy atom. The normalized spacial score (nSPS) is 16.5. The topological polar surface area (TPSA) is 32.3 Å². The van der Waals surface area contributed by atoms with Crippen LogP contribution < -0.4 is 5.32 Å². The van der Waals surface area contributed by atoms with Crippen molar-refractivity contribution in [1.29, 1.82) is 0 Å². The summed E-state index contributed by atoms with van der Waals surface area (Å²) in [5.41, 5.74) is -0.0168. The molecule has 0 aliphatic carbocycles. The van der Waals surface area contributed by atoms with Gasteiger partial charge < -0.3 is 10.2 Å². The van der Waals surface area contributed by atoms with Crippen molar-refractivity contribution in [2.75, 3.05) is 18.4 Å². The smallest absolute Gasteiger partial charge is 0.321 e. The number of carbonyl (C=O) groups is 1. The van der Waals surface area contributed by atoms with E-state index in [1.165, 1.54) is 6.07 Å². The van der Waals surface area contributed by atoms with Crippen LogP contribution in [0, 0.1) is 17.6 Å². The third-order valence-corrected chi connectivity index (χ3v) is 3.93. The molecule has 1 heterocycles. The van der Waals surface area contributed by atoms with Gasteiger partial charge in [0, 0.05) is 19.2 Å². The number of hydrogen-bond donors (Lipinski definition) is 1. The first kappa shape index (κ1) is 14.2. The first-order valence-electron chi connectivity index (χ1n) is 6.18. The molecule has 19 heavy (non-hydrogen) atoms. The van der Waals surface area contributed by atoms with Crippen LogP contribution >= 0.6 is 15.9 Å². The molecule has 1 N–H and O–H groups in total. The van der Waals surface area contributed by atoms with E-state index in [0.717, 1.165) is 18.9 Å². The number of nitrogens with one attached hydrogen (secondary N) is 1. The van der Waals surface area contributed by atoms with Crippen LogP contribution in [0.15, 0.2) is 16.6 Å². The monoisotopic (exact) mass is 332 g/mol. The number of amides is 2. The number of halogens is 3. The van der Waals surface area contributed by atoms with Crippen LogP contribution in [0.1, 0.15) is 19.8 Å². The highest BCUT2D eigenvalue weighted by Crippen LogP contribution is 2.24. The minimum Gasteiger partial charge on any atom is -0.325 e. The second-order valence-corrected chi connectivity index (χ2v) is 5.70. The Balaban J connectivity index is 2.05. The standard InChI is InChI=1S/C13H15BrF2N2O/c1-8-2-4-18(5-3-8)13(19)17-12-6-9(14)10(15)7-11(12)16/h6-8H,2-5H2,1H3,(H,17,19). The average molecular weight is 333 g/mol. The lowest BCUT2D eigenvalue weighted by Crippen LogP contribution is -2.40. The second-order valence-electron chi connectivity index (χ2n) is 4.85. The highest BCUT2D eigenvalue weighted by Gasteiger charge is 2.21. The summed E-state index contributed by atoms with van der Waals surface area (Å²) in [5, 5.41) is 2.48. The van der Waals surface area contributed by atoms with Crippen molar-refractivity contribution in [1.82, 2.24) is 4.90 Å². The molecule has 1 aliphatic heterocycles. The van der Waals surface area contributed by atoms with Crippen molar-refractivity contribution < 1.29 is 13.6 Å². The lowest BCUT2D eigenvalue weighted by molar-refractivity contribution is 0.186. The van der Waals surface area contributed by atoms with E-state index in [1.54, 1.807) is 4.90 Å². The maximum absolute atomic E-state index is 13.5. The van der Waals surface area contributed by atoms with E-state index in [9.17, 15) is 13.6 Å². The van der Waals surface area contributed by atoms with Gasteiger partial charge in [-0.05, 0) is 40.8 Å². The van der Waals surface area contributed by atoms with Crippen molar-refractivity contribution in [3.63, 3.8) is 0 Å². The van der Waals surface area contributed by atoms with Crippen LogP contribution in [0.5, 0.6) is 0 Å². The highest BCUT2D eigenvalue weighted by atomic mass is 79.9. The molecule has 0 bridgehead atoms. The molecule has 0 atom stereocenters. The van der Waals surface area contributed by atoms with Crippen LogP contribution in [-0.4, -0.2) is 24.0 Å². The minimum atomic E-state index is -0.778. The van der Waals surface area contributed by atoms with Gasteiger partial charge in [-0.1, -0.05) is 6.92 Å². The van der Waals surface area contributed by atoms with Crippen LogP contribution in [-0.2, 0) is 0 Å². The van der Waals surface area contributed by atoms with Gasteiger partial charge in [0.05, 0.1) is 10.2 Å². The number of hydrogen-bond acceptors (Lipinski definition) is 1. The molecule has 0 spiro atoms. The number of likely N-dealkylation sites (tertiary alicyclic amines) is 1. The van der Waals surface area contributed by atoms with Gasteiger partial charge in [0.25, 0.3) is 0 Å². The molecule has 0 unspecified atom stereocenters. The third kappa shape index (κ3) is 3.43. The zero-order valence-corrected chi connectivity index (χ0v) is 12.1. The van der Waals surface area contributed by atoms with Gasteiger partial charge in [0.2, 0.25) is 0 Å². The number of anilines is 1. The highest BCUT2D eigenvalue weighted by molar-refractivity contribution is 9.10. The van der Waals surface area contributed by atoms with E-state index in [4.69, 9.17) is 0 Å². The first-order valence-corrected chi connectivity index (χ1v) is 6.97.